The average Bonchev–Trinajstić information content (AvgIpc) is 3.09. The van der Waals surface area contributed by atoms with Gasteiger partial charge in [-0.3, -0.25) is 4.79 Å². The summed E-state index contributed by atoms with van der Waals surface area (Å²) >= 11 is 11.9. The lowest BCUT2D eigenvalue weighted by Gasteiger charge is -2.08. The van der Waals surface area contributed by atoms with Gasteiger partial charge < -0.3 is 5.32 Å². The number of carbonyl (C=O) groups excluding carboxylic acids is 1. The van der Waals surface area contributed by atoms with Crippen LogP contribution in [0.3, 0.4) is 0 Å². The van der Waals surface area contributed by atoms with Crippen molar-refractivity contribution in [2.45, 2.75) is 6.42 Å². The molecule has 0 aliphatic heterocycles. The van der Waals surface area contributed by atoms with Crippen molar-refractivity contribution in [3.8, 4) is 11.1 Å². The molecule has 27 heavy (non-hydrogen) atoms. The van der Waals surface area contributed by atoms with E-state index >= 15 is 0 Å². The number of amides is 1. The molecule has 1 N–H and O–H groups in total. The molecule has 1 amide bonds. The van der Waals surface area contributed by atoms with E-state index in [1.54, 1.807) is 22.7 Å². The summed E-state index contributed by atoms with van der Waals surface area (Å²) < 4.78 is 1.71. The number of halogens is 2. The highest BCUT2D eigenvalue weighted by atomic mass is 35.5. The van der Waals surface area contributed by atoms with Crippen LogP contribution in [0.5, 0.6) is 0 Å². The van der Waals surface area contributed by atoms with Crippen molar-refractivity contribution in [1.29, 1.82) is 0 Å². The normalized spacial score (nSPS) is 10.9. The molecule has 0 saturated heterocycles. The van der Waals surface area contributed by atoms with Gasteiger partial charge in [0.25, 0.3) is 0 Å². The molecular weight excluding hydrogens is 383 g/mol. The maximum Gasteiger partial charge on any atom is 0.228 e. The maximum absolute atomic E-state index is 12.3. The van der Waals surface area contributed by atoms with Crippen LogP contribution in [0.2, 0.25) is 10.0 Å². The van der Waals surface area contributed by atoms with Crippen LogP contribution in [-0.4, -0.2) is 20.5 Å². The zero-order valence-corrected chi connectivity index (χ0v) is 15.6. The molecule has 2 heterocycles. The molecule has 0 fully saturated rings. The highest BCUT2D eigenvalue weighted by Crippen LogP contribution is 2.23. The highest BCUT2D eigenvalue weighted by Gasteiger charge is 2.07. The fraction of sp³-hybridized carbons (Fsp3) is 0.0500. The number of benzene rings is 2. The zero-order chi connectivity index (χ0) is 18.8. The Labute approximate surface area is 165 Å². The topological polar surface area (TPSA) is 59.3 Å². The fourth-order valence-corrected chi connectivity index (χ4v) is 3.35. The van der Waals surface area contributed by atoms with E-state index in [2.05, 4.69) is 15.4 Å². The lowest BCUT2D eigenvalue weighted by Crippen LogP contribution is -2.14. The Balaban J connectivity index is 1.46. The molecule has 0 spiro atoms. The molecule has 0 radical (unpaired) electrons. The SMILES string of the molecule is O=C(Cc1ccc(-c2ccn3ncnc3c2)cc1)Nc1cc(Cl)cc(Cl)c1. The number of fused-ring (bicyclic) bond motifs is 1. The van der Waals surface area contributed by atoms with E-state index in [0.29, 0.717) is 15.7 Å². The summed E-state index contributed by atoms with van der Waals surface area (Å²) in [5.41, 5.74) is 4.37. The molecule has 0 saturated carbocycles. The van der Waals surface area contributed by atoms with Gasteiger partial charge in [-0.05, 0) is 47.0 Å². The van der Waals surface area contributed by atoms with Crippen LogP contribution in [0.25, 0.3) is 16.8 Å². The summed E-state index contributed by atoms with van der Waals surface area (Å²) in [6.45, 7) is 0. The highest BCUT2D eigenvalue weighted by molar-refractivity contribution is 6.35. The van der Waals surface area contributed by atoms with Crippen molar-refractivity contribution in [2.24, 2.45) is 0 Å². The van der Waals surface area contributed by atoms with Crippen LogP contribution in [0, 0.1) is 0 Å². The number of rotatable bonds is 4. The quantitative estimate of drug-likeness (QED) is 0.534. The Hall–Kier alpha value is -2.89. The molecule has 134 valence electrons. The minimum Gasteiger partial charge on any atom is -0.326 e. The summed E-state index contributed by atoms with van der Waals surface area (Å²) in [7, 11) is 0. The second-order valence-corrected chi connectivity index (χ2v) is 6.93. The lowest BCUT2D eigenvalue weighted by molar-refractivity contribution is -0.115. The van der Waals surface area contributed by atoms with E-state index in [1.165, 1.54) is 6.33 Å². The Morgan fingerprint density at radius 1 is 0.963 bits per heavy atom. The number of aromatic nitrogens is 3. The number of carbonyl (C=O) groups is 1. The summed E-state index contributed by atoms with van der Waals surface area (Å²) in [5, 5.41) is 7.86. The van der Waals surface area contributed by atoms with Crippen LogP contribution in [0.1, 0.15) is 5.56 Å². The molecular formula is C20H14Cl2N4O. The molecule has 2 aromatic carbocycles. The largest absolute Gasteiger partial charge is 0.326 e. The number of nitrogens with zero attached hydrogens (tertiary/aromatic N) is 3. The summed E-state index contributed by atoms with van der Waals surface area (Å²) in [6.07, 6.45) is 3.65. The number of hydrogen-bond acceptors (Lipinski definition) is 3. The molecule has 2 aromatic heterocycles. The first-order valence-corrected chi connectivity index (χ1v) is 8.97. The third-order valence-corrected chi connectivity index (χ3v) is 4.52. The van der Waals surface area contributed by atoms with Gasteiger partial charge in [0.15, 0.2) is 5.65 Å². The van der Waals surface area contributed by atoms with Crippen LogP contribution in [-0.2, 0) is 11.2 Å². The predicted octanol–water partition coefficient (Wildman–Crippen LogP) is 4.88. The minimum atomic E-state index is -0.133. The molecule has 4 rings (SSSR count). The number of anilines is 1. The van der Waals surface area contributed by atoms with Gasteiger partial charge >= 0.3 is 0 Å². The maximum atomic E-state index is 12.3. The first-order valence-electron chi connectivity index (χ1n) is 8.21. The average molecular weight is 397 g/mol. The van der Waals surface area contributed by atoms with E-state index in [-0.39, 0.29) is 12.3 Å². The standard InChI is InChI=1S/C20H14Cl2N4O/c21-16-9-17(22)11-18(10-16)25-20(27)7-13-1-3-14(4-2-13)15-5-6-26-19(8-15)23-12-24-26/h1-6,8-12H,7H2,(H,25,27). The molecule has 5 nitrogen and oxygen atoms in total. The second-order valence-electron chi connectivity index (χ2n) is 6.06. The van der Waals surface area contributed by atoms with Gasteiger partial charge in [0.2, 0.25) is 5.91 Å². The van der Waals surface area contributed by atoms with E-state index in [0.717, 1.165) is 22.3 Å². The van der Waals surface area contributed by atoms with Gasteiger partial charge in [-0.1, -0.05) is 47.5 Å². The Bertz CT molecular complexity index is 1100. The van der Waals surface area contributed by atoms with Gasteiger partial charge in [-0.25, -0.2) is 9.50 Å². The first kappa shape index (κ1) is 17.5. The smallest absolute Gasteiger partial charge is 0.228 e. The lowest BCUT2D eigenvalue weighted by atomic mass is 10.0. The molecule has 0 aliphatic carbocycles. The number of pyridine rings is 1. The second kappa shape index (κ2) is 7.39. The molecule has 4 aromatic rings. The summed E-state index contributed by atoms with van der Waals surface area (Å²) in [4.78, 5) is 16.5. The monoisotopic (exact) mass is 396 g/mol. The van der Waals surface area contributed by atoms with Crippen molar-refractivity contribution >= 4 is 40.4 Å². The number of hydrogen-bond donors (Lipinski definition) is 1. The van der Waals surface area contributed by atoms with Gasteiger partial charge in [-0.2, -0.15) is 5.10 Å². The molecule has 0 atom stereocenters. The third kappa shape index (κ3) is 4.10. The van der Waals surface area contributed by atoms with E-state index in [1.807, 2.05) is 42.6 Å². The van der Waals surface area contributed by atoms with Crippen LogP contribution >= 0.6 is 23.2 Å². The molecule has 7 heteroatoms. The van der Waals surface area contributed by atoms with Crippen molar-refractivity contribution in [1.82, 2.24) is 14.6 Å². The van der Waals surface area contributed by atoms with Gasteiger partial charge in [0, 0.05) is 21.9 Å². The fourth-order valence-electron chi connectivity index (χ4n) is 2.83. The van der Waals surface area contributed by atoms with E-state index in [9.17, 15) is 4.79 Å². The van der Waals surface area contributed by atoms with Crippen LogP contribution in [0.15, 0.2) is 67.1 Å². The Kier molecular flexibility index (Phi) is 4.79. The third-order valence-electron chi connectivity index (χ3n) is 4.08. The van der Waals surface area contributed by atoms with Gasteiger partial charge in [0.1, 0.15) is 6.33 Å². The number of nitrogens with one attached hydrogen (secondary N) is 1. The molecule has 0 bridgehead atoms. The van der Waals surface area contributed by atoms with Crippen molar-refractivity contribution < 1.29 is 4.79 Å². The van der Waals surface area contributed by atoms with E-state index in [4.69, 9.17) is 23.2 Å². The van der Waals surface area contributed by atoms with E-state index < -0.39 is 0 Å². The van der Waals surface area contributed by atoms with Gasteiger partial charge in [0.05, 0.1) is 6.42 Å². The van der Waals surface area contributed by atoms with Crippen LogP contribution < -0.4 is 5.32 Å². The Morgan fingerprint density at radius 2 is 1.70 bits per heavy atom. The molecule has 0 aliphatic rings. The van der Waals surface area contributed by atoms with Crippen molar-refractivity contribution in [2.75, 3.05) is 5.32 Å². The predicted molar refractivity (Wildman–Crippen MR) is 107 cm³/mol. The van der Waals surface area contributed by atoms with Crippen LogP contribution in [0.4, 0.5) is 5.69 Å². The zero-order valence-electron chi connectivity index (χ0n) is 14.1. The summed E-state index contributed by atoms with van der Waals surface area (Å²) in [6, 6.07) is 16.7. The first-order chi connectivity index (χ1) is 13.1. The molecule has 0 unspecified atom stereocenters. The Morgan fingerprint density at radius 3 is 2.44 bits per heavy atom. The summed E-state index contributed by atoms with van der Waals surface area (Å²) in [5.74, 6) is -0.133. The van der Waals surface area contributed by atoms with Crippen molar-refractivity contribution in [3.63, 3.8) is 0 Å². The minimum absolute atomic E-state index is 0.133. The van der Waals surface area contributed by atoms with Crippen molar-refractivity contribution in [3.05, 3.63) is 82.7 Å². The van der Waals surface area contributed by atoms with Gasteiger partial charge in [-0.15, -0.1) is 0 Å².